The van der Waals surface area contributed by atoms with E-state index in [-0.39, 0.29) is 0 Å². The zero-order valence-electron chi connectivity index (χ0n) is 11.2. The molecule has 20 heavy (non-hydrogen) atoms. The lowest BCUT2D eigenvalue weighted by atomic mass is 10.1. The molecule has 0 atom stereocenters. The third kappa shape index (κ3) is 2.20. The second-order valence-electron chi connectivity index (χ2n) is 4.82. The first-order valence-corrected chi connectivity index (χ1v) is 8.09. The summed E-state index contributed by atoms with van der Waals surface area (Å²) in [6.07, 6.45) is 3.18. The summed E-state index contributed by atoms with van der Waals surface area (Å²) in [4.78, 5) is 4.75. The fourth-order valence-electron chi connectivity index (χ4n) is 2.24. The van der Waals surface area contributed by atoms with Crippen LogP contribution in [0.3, 0.4) is 0 Å². The van der Waals surface area contributed by atoms with Crippen molar-refractivity contribution >= 4 is 15.5 Å². The molecule has 2 heterocycles. The summed E-state index contributed by atoms with van der Waals surface area (Å²) in [5.41, 5.74) is 3.78. The first-order chi connectivity index (χ1) is 9.45. The third-order valence-corrected chi connectivity index (χ3v) is 4.32. The number of hydrogen-bond acceptors (Lipinski definition) is 3. The van der Waals surface area contributed by atoms with E-state index in [0.29, 0.717) is 4.90 Å². The van der Waals surface area contributed by atoms with Gasteiger partial charge in [-0.1, -0.05) is 18.2 Å². The van der Waals surface area contributed by atoms with Crippen LogP contribution >= 0.6 is 0 Å². The van der Waals surface area contributed by atoms with Crippen LogP contribution in [0, 0.1) is 6.92 Å². The van der Waals surface area contributed by atoms with Gasteiger partial charge in [0.2, 0.25) is 0 Å². The van der Waals surface area contributed by atoms with Gasteiger partial charge in [-0.15, -0.1) is 0 Å². The van der Waals surface area contributed by atoms with Crippen LogP contribution in [-0.2, 0) is 9.84 Å². The van der Waals surface area contributed by atoms with Crippen LogP contribution < -0.4 is 0 Å². The molecule has 1 aromatic carbocycles. The van der Waals surface area contributed by atoms with E-state index in [1.54, 1.807) is 12.1 Å². The lowest BCUT2D eigenvalue weighted by molar-refractivity contribution is 0.602. The Hall–Kier alpha value is -2.14. The minimum absolute atomic E-state index is 0.329. The molecule has 0 unspecified atom stereocenters. The Balaban J connectivity index is 2.16. The largest absolute Gasteiger partial charge is 0.299 e. The number of aromatic nitrogens is 2. The van der Waals surface area contributed by atoms with E-state index in [4.69, 9.17) is 0 Å². The van der Waals surface area contributed by atoms with Crippen molar-refractivity contribution in [1.82, 2.24) is 9.38 Å². The molecule has 3 rings (SSSR count). The van der Waals surface area contributed by atoms with E-state index >= 15 is 0 Å². The number of sulfone groups is 1. The molecule has 0 aliphatic carbocycles. The maximum atomic E-state index is 11.5. The summed E-state index contributed by atoms with van der Waals surface area (Å²) in [5.74, 6) is 0. The molecule has 0 saturated heterocycles. The fraction of sp³-hybridized carbons (Fsp3) is 0.133. The number of imidazole rings is 1. The van der Waals surface area contributed by atoms with Crippen molar-refractivity contribution in [3.05, 3.63) is 54.4 Å². The Kier molecular flexibility index (Phi) is 2.87. The molecule has 0 saturated carbocycles. The molecule has 3 aromatic rings. The number of rotatable bonds is 2. The molecular weight excluding hydrogens is 272 g/mol. The highest BCUT2D eigenvalue weighted by Crippen LogP contribution is 2.22. The summed E-state index contributed by atoms with van der Waals surface area (Å²) in [5, 5.41) is 0. The van der Waals surface area contributed by atoms with Crippen LogP contribution in [-0.4, -0.2) is 24.1 Å². The van der Waals surface area contributed by atoms with Crippen molar-refractivity contribution in [3.63, 3.8) is 0 Å². The smallest absolute Gasteiger partial charge is 0.175 e. The molecule has 0 bridgehead atoms. The number of pyridine rings is 1. The van der Waals surface area contributed by atoms with Crippen LogP contribution in [0.25, 0.3) is 16.9 Å². The van der Waals surface area contributed by atoms with Crippen LogP contribution in [0.2, 0.25) is 0 Å². The summed E-state index contributed by atoms with van der Waals surface area (Å²) in [6, 6.07) is 12.8. The molecule has 0 N–H and O–H groups in total. The number of hydrogen-bond donors (Lipinski definition) is 0. The van der Waals surface area contributed by atoms with Gasteiger partial charge in [0.1, 0.15) is 5.65 Å². The molecular formula is C15H14N2O2S. The predicted octanol–water partition coefficient (Wildman–Crippen LogP) is 2.71. The molecule has 0 spiro atoms. The monoisotopic (exact) mass is 286 g/mol. The second kappa shape index (κ2) is 4.45. The first-order valence-electron chi connectivity index (χ1n) is 6.20. The molecule has 4 nitrogen and oxygen atoms in total. The van der Waals surface area contributed by atoms with E-state index < -0.39 is 9.84 Å². The Morgan fingerprint density at radius 1 is 1.05 bits per heavy atom. The van der Waals surface area contributed by atoms with Gasteiger partial charge in [-0.2, -0.15) is 0 Å². The number of nitrogens with zero attached hydrogens (tertiary/aromatic N) is 2. The maximum absolute atomic E-state index is 11.5. The minimum Gasteiger partial charge on any atom is -0.299 e. The van der Waals surface area contributed by atoms with Crippen molar-refractivity contribution in [2.75, 3.05) is 6.26 Å². The zero-order chi connectivity index (χ0) is 14.3. The van der Waals surface area contributed by atoms with E-state index in [9.17, 15) is 8.42 Å². The van der Waals surface area contributed by atoms with Gasteiger partial charge in [-0.05, 0) is 36.8 Å². The summed E-state index contributed by atoms with van der Waals surface area (Å²) in [6.45, 7) is 1.95. The normalized spacial score (nSPS) is 11.9. The zero-order valence-corrected chi connectivity index (χ0v) is 12.1. The van der Waals surface area contributed by atoms with Crippen LogP contribution in [0.4, 0.5) is 0 Å². The first kappa shape index (κ1) is 12.9. The van der Waals surface area contributed by atoms with Gasteiger partial charge in [0.25, 0.3) is 0 Å². The molecule has 0 aliphatic rings. The second-order valence-corrected chi connectivity index (χ2v) is 6.83. The van der Waals surface area contributed by atoms with Crippen molar-refractivity contribution in [2.45, 2.75) is 11.8 Å². The van der Waals surface area contributed by atoms with Gasteiger partial charge in [-0.25, -0.2) is 13.4 Å². The molecule has 0 amide bonds. The molecule has 0 fully saturated rings. The van der Waals surface area contributed by atoms with Gasteiger partial charge >= 0.3 is 0 Å². The standard InChI is InChI=1S/C15H14N2O2S/c1-11-10-17-14(4-3-5-15(17)16-11)12-6-8-13(9-7-12)20(2,18)19/h3-10H,1-2H3. The van der Waals surface area contributed by atoms with Crippen LogP contribution in [0.15, 0.2) is 53.6 Å². The highest BCUT2D eigenvalue weighted by molar-refractivity contribution is 7.90. The Morgan fingerprint density at radius 2 is 1.75 bits per heavy atom. The number of fused-ring (bicyclic) bond motifs is 1. The van der Waals surface area contributed by atoms with Gasteiger partial charge < -0.3 is 0 Å². The van der Waals surface area contributed by atoms with Gasteiger partial charge in [0.05, 0.1) is 16.3 Å². The van der Waals surface area contributed by atoms with E-state index in [0.717, 1.165) is 22.6 Å². The van der Waals surface area contributed by atoms with Crippen LogP contribution in [0.1, 0.15) is 5.69 Å². The van der Waals surface area contributed by atoms with Crippen LogP contribution in [0.5, 0.6) is 0 Å². The Labute approximate surface area is 117 Å². The molecule has 102 valence electrons. The molecule has 5 heteroatoms. The maximum Gasteiger partial charge on any atom is 0.175 e. The lowest BCUT2D eigenvalue weighted by Gasteiger charge is -2.06. The topological polar surface area (TPSA) is 51.4 Å². The molecule has 0 radical (unpaired) electrons. The Morgan fingerprint density at radius 3 is 2.40 bits per heavy atom. The highest BCUT2D eigenvalue weighted by atomic mass is 32.2. The predicted molar refractivity (Wildman–Crippen MR) is 78.5 cm³/mol. The average Bonchev–Trinajstić information content (AvgIpc) is 2.78. The third-order valence-electron chi connectivity index (χ3n) is 3.19. The van der Waals surface area contributed by atoms with Crippen molar-refractivity contribution in [1.29, 1.82) is 0 Å². The Bertz CT molecular complexity index is 878. The lowest BCUT2D eigenvalue weighted by Crippen LogP contribution is -1.97. The van der Waals surface area contributed by atoms with Crippen molar-refractivity contribution in [2.24, 2.45) is 0 Å². The molecule has 0 aliphatic heterocycles. The van der Waals surface area contributed by atoms with Gasteiger partial charge in [0, 0.05) is 12.5 Å². The summed E-state index contributed by atoms with van der Waals surface area (Å²) >= 11 is 0. The van der Waals surface area contributed by atoms with Gasteiger partial charge in [-0.3, -0.25) is 4.40 Å². The average molecular weight is 286 g/mol. The number of aryl methyl sites for hydroxylation is 1. The van der Waals surface area contributed by atoms with Gasteiger partial charge in [0.15, 0.2) is 9.84 Å². The fourth-order valence-corrected chi connectivity index (χ4v) is 2.87. The van der Waals surface area contributed by atoms with E-state index in [2.05, 4.69) is 4.98 Å². The summed E-state index contributed by atoms with van der Waals surface area (Å²) < 4.78 is 25.0. The SMILES string of the molecule is Cc1cn2c(-c3ccc(S(C)(=O)=O)cc3)cccc2n1. The number of benzene rings is 1. The van der Waals surface area contributed by atoms with E-state index in [1.807, 2.05) is 47.9 Å². The molecule has 2 aromatic heterocycles. The van der Waals surface area contributed by atoms with Crippen molar-refractivity contribution < 1.29 is 8.42 Å². The summed E-state index contributed by atoms with van der Waals surface area (Å²) in [7, 11) is -3.16. The minimum atomic E-state index is -3.16. The highest BCUT2D eigenvalue weighted by Gasteiger charge is 2.09. The quantitative estimate of drug-likeness (QED) is 0.728. The van der Waals surface area contributed by atoms with E-state index in [1.165, 1.54) is 6.26 Å². The van der Waals surface area contributed by atoms with Crippen molar-refractivity contribution in [3.8, 4) is 11.3 Å².